The molecule has 1 fully saturated rings. The van der Waals surface area contributed by atoms with Crippen LogP contribution in [0.2, 0.25) is 5.02 Å². The number of halogens is 2. The van der Waals surface area contributed by atoms with Crippen molar-refractivity contribution in [1.82, 2.24) is 9.88 Å². The Morgan fingerprint density at radius 2 is 2.17 bits per heavy atom. The molecule has 0 spiro atoms. The predicted octanol–water partition coefficient (Wildman–Crippen LogP) is 2.92. The monoisotopic (exact) mass is 331 g/mol. The maximum atomic E-state index is 11.9. The minimum absolute atomic E-state index is 0.123. The molecule has 0 unspecified atom stereocenters. The first-order valence-corrected chi connectivity index (χ1v) is 7.16. The molecule has 0 aromatic carbocycles. The molecule has 2 heterocycles. The number of aromatic nitrogens is 1. The van der Waals surface area contributed by atoms with Crippen LogP contribution in [0.1, 0.15) is 19.3 Å². The van der Waals surface area contributed by atoms with Gasteiger partial charge in [0.05, 0.1) is 16.0 Å². The Balaban J connectivity index is 1.88. The van der Waals surface area contributed by atoms with E-state index in [1.807, 2.05) is 4.90 Å². The Labute approximate surface area is 120 Å². The first kappa shape index (κ1) is 13.6. The van der Waals surface area contributed by atoms with Gasteiger partial charge in [0.2, 0.25) is 5.91 Å². The largest absolute Gasteiger partial charge is 0.360 e. The number of anilines is 1. The molecule has 0 bridgehead atoms. The van der Waals surface area contributed by atoms with E-state index in [-0.39, 0.29) is 12.5 Å². The molecule has 0 saturated carbocycles. The summed E-state index contributed by atoms with van der Waals surface area (Å²) in [6, 6.07) is 1.75. The van der Waals surface area contributed by atoms with Crippen molar-refractivity contribution in [3.63, 3.8) is 0 Å². The summed E-state index contributed by atoms with van der Waals surface area (Å²) in [5.74, 6) is 0.767. The molecular formula is C12H15BrClN3O. The van der Waals surface area contributed by atoms with Crippen molar-refractivity contribution < 1.29 is 4.79 Å². The van der Waals surface area contributed by atoms with Crippen LogP contribution in [0.15, 0.2) is 16.7 Å². The third-order valence-corrected chi connectivity index (χ3v) is 3.73. The lowest BCUT2D eigenvalue weighted by Crippen LogP contribution is -2.39. The smallest absolute Gasteiger partial charge is 0.241 e. The third-order valence-electron chi connectivity index (χ3n) is 2.92. The minimum Gasteiger partial charge on any atom is -0.360 e. The van der Waals surface area contributed by atoms with E-state index in [2.05, 4.69) is 26.2 Å². The molecule has 2 rings (SSSR count). The SMILES string of the molecule is O=C(CNc1ncc(Cl)cc1Br)N1CCCCC1. The van der Waals surface area contributed by atoms with E-state index in [1.165, 1.54) is 6.42 Å². The van der Waals surface area contributed by atoms with Crippen LogP contribution in [-0.2, 0) is 4.79 Å². The molecule has 0 atom stereocenters. The Morgan fingerprint density at radius 1 is 1.44 bits per heavy atom. The fourth-order valence-electron chi connectivity index (χ4n) is 1.96. The average molecular weight is 333 g/mol. The van der Waals surface area contributed by atoms with Gasteiger partial charge in [0.25, 0.3) is 0 Å². The van der Waals surface area contributed by atoms with Crippen molar-refractivity contribution in [1.29, 1.82) is 0 Å². The number of carbonyl (C=O) groups is 1. The van der Waals surface area contributed by atoms with Crippen molar-refractivity contribution in [3.05, 3.63) is 21.8 Å². The van der Waals surface area contributed by atoms with Gasteiger partial charge in [-0.3, -0.25) is 4.79 Å². The molecule has 1 aliphatic rings. The van der Waals surface area contributed by atoms with Gasteiger partial charge in [0, 0.05) is 19.3 Å². The van der Waals surface area contributed by atoms with E-state index in [0.717, 1.165) is 30.4 Å². The molecule has 6 heteroatoms. The van der Waals surface area contributed by atoms with Crippen LogP contribution in [0.3, 0.4) is 0 Å². The molecule has 1 aliphatic heterocycles. The zero-order chi connectivity index (χ0) is 13.0. The predicted molar refractivity (Wildman–Crippen MR) is 75.9 cm³/mol. The summed E-state index contributed by atoms with van der Waals surface area (Å²) in [6.07, 6.45) is 4.99. The Morgan fingerprint density at radius 3 is 2.83 bits per heavy atom. The number of nitrogens with zero attached hydrogens (tertiary/aromatic N) is 2. The fraction of sp³-hybridized carbons (Fsp3) is 0.500. The standard InChI is InChI=1S/C12H15BrClN3O/c13-10-6-9(14)7-15-12(10)16-8-11(18)17-4-2-1-3-5-17/h6-7H,1-5,8H2,(H,15,16). The van der Waals surface area contributed by atoms with E-state index >= 15 is 0 Å². The van der Waals surface area contributed by atoms with Crippen LogP contribution in [0.4, 0.5) is 5.82 Å². The zero-order valence-corrected chi connectivity index (χ0v) is 12.3. The van der Waals surface area contributed by atoms with Crippen molar-refractivity contribution >= 4 is 39.3 Å². The topological polar surface area (TPSA) is 45.2 Å². The molecule has 1 saturated heterocycles. The molecule has 98 valence electrons. The molecule has 1 N–H and O–H groups in total. The highest BCUT2D eigenvalue weighted by Crippen LogP contribution is 2.22. The first-order valence-electron chi connectivity index (χ1n) is 5.99. The van der Waals surface area contributed by atoms with Gasteiger partial charge in [0.15, 0.2) is 0 Å². The van der Waals surface area contributed by atoms with Crippen LogP contribution in [-0.4, -0.2) is 35.4 Å². The summed E-state index contributed by atoms with van der Waals surface area (Å²) in [5, 5.41) is 3.59. The third kappa shape index (κ3) is 3.59. The lowest BCUT2D eigenvalue weighted by Gasteiger charge is -2.26. The second-order valence-corrected chi connectivity index (χ2v) is 5.57. The molecular weight excluding hydrogens is 318 g/mol. The van der Waals surface area contributed by atoms with Crippen molar-refractivity contribution in [2.75, 3.05) is 25.0 Å². The molecule has 4 nitrogen and oxygen atoms in total. The van der Waals surface area contributed by atoms with Crippen molar-refractivity contribution in [3.8, 4) is 0 Å². The van der Waals surface area contributed by atoms with Crippen LogP contribution in [0.25, 0.3) is 0 Å². The van der Waals surface area contributed by atoms with Crippen LogP contribution >= 0.6 is 27.5 Å². The summed E-state index contributed by atoms with van der Waals surface area (Å²) in [5.41, 5.74) is 0. The van der Waals surface area contributed by atoms with E-state index < -0.39 is 0 Å². The zero-order valence-electron chi connectivity index (χ0n) is 9.96. The highest BCUT2D eigenvalue weighted by molar-refractivity contribution is 9.10. The quantitative estimate of drug-likeness (QED) is 0.925. The van der Waals surface area contributed by atoms with Gasteiger partial charge < -0.3 is 10.2 Å². The molecule has 18 heavy (non-hydrogen) atoms. The van der Waals surface area contributed by atoms with Crippen LogP contribution < -0.4 is 5.32 Å². The highest BCUT2D eigenvalue weighted by atomic mass is 79.9. The number of carbonyl (C=O) groups excluding carboxylic acids is 1. The number of hydrogen-bond acceptors (Lipinski definition) is 3. The Kier molecular flexibility index (Phi) is 4.83. The Hall–Kier alpha value is -0.810. The van der Waals surface area contributed by atoms with E-state index in [4.69, 9.17) is 11.6 Å². The molecule has 0 aliphatic carbocycles. The van der Waals surface area contributed by atoms with Gasteiger partial charge >= 0.3 is 0 Å². The number of amides is 1. The van der Waals surface area contributed by atoms with Gasteiger partial charge in [-0.15, -0.1) is 0 Å². The molecule has 1 aromatic rings. The second kappa shape index (κ2) is 6.38. The molecule has 1 amide bonds. The van der Waals surface area contributed by atoms with Gasteiger partial charge in [-0.1, -0.05) is 11.6 Å². The maximum absolute atomic E-state index is 11.9. The molecule has 0 radical (unpaired) electrons. The van der Waals surface area contributed by atoms with Gasteiger partial charge in [-0.2, -0.15) is 0 Å². The summed E-state index contributed by atoms with van der Waals surface area (Å²) >= 11 is 9.16. The van der Waals surface area contributed by atoms with Crippen molar-refractivity contribution in [2.24, 2.45) is 0 Å². The Bertz CT molecular complexity index is 435. The lowest BCUT2D eigenvalue weighted by atomic mass is 10.1. The maximum Gasteiger partial charge on any atom is 0.241 e. The van der Waals surface area contributed by atoms with E-state index in [0.29, 0.717) is 10.8 Å². The van der Waals surface area contributed by atoms with Crippen LogP contribution in [0, 0.1) is 0 Å². The summed E-state index contributed by atoms with van der Waals surface area (Å²) in [7, 11) is 0. The van der Waals surface area contributed by atoms with E-state index in [9.17, 15) is 4.79 Å². The van der Waals surface area contributed by atoms with Crippen molar-refractivity contribution in [2.45, 2.75) is 19.3 Å². The first-order chi connectivity index (χ1) is 8.66. The number of pyridine rings is 1. The summed E-state index contributed by atoms with van der Waals surface area (Å²) in [6.45, 7) is 2.01. The summed E-state index contributed by atoms with van der Waals surface area (Å²) in [4.78, 5) is 18.0. The van der Waals surface area contributed by atoms with Gasteiger partial charge in [-0.05, 0) is 41.3 Å². The number of likely N-dealkylation sites (tertiary alicyclic amines) is 1. The number of piperidine rings is 1. The summed E-state index contributed by atoms with van der Waals surface area (Å²) < 4.78 is 0.765. The van der Waals surface area contributed by atoms with Crippen LogP contribution in [0.5, 0.6) is 0 Å². The number of hydrogen-bond donors (Lipinski definition) is 1. The molecule has 1 aromatic heterocycles. The number of nitrogens with one attached hydrogen (secondary N) is 1. The highest BCUT2D eigenvalue weighted by Gasteiger charge is 2.16. The van der Waals surface area contributed by atoms with Gasteiger partial charge in [0.1, 0.15) is 5.82 Å². The fourth-order valence-corrected chi connectivity index (χ4v) is 2.74. The van der Waals surface area contributed by atoms with E-state index in [1.54, 1.807) is 12.3 Å². The number of rotatable bonds is 3. The normalized spacial score (nSPS) is 15.6. The average Bonchev–Trinajstić information content (AvgIpc) is 2.38. The lowest BCUT2D eigenvalue weighted by molar-refractivity contribution is -0.130. The minimum atomic E-state index is 0.123. The second-order valence-electron chi connectivity index (χ2n) is 4.28. The van der Waals surface area contributed by atoms with Gasteiger partial charge in [-0.25, -0.2) is 4.98 Å².